The van der Waals surface area contributed by atoms with Crippen molar-refractivity contribution in [3.05, 3.63) is 75.7 Å². The molecule has 2 aromatic carbocycles. The van der Waals surface area contributed by atoms with E-state index in [0.717, 1.165) is 5.56 Å². The van der Waals surface area contributed by atoms with Crippen LogP contribution < -0.4 is 5.56 Å². The van der Waals surface area contributed by atoms with Gasteiger partial charge in [0, 0.05) is 0 Å². The van der Waals surface area contributed by atoms with Crippen molar-refractivity contribution in [3.8, 4) is 6.07 Å². The van der Waals surface area contributed by atoms with Crippen LogP contribution in [0.2, 0.25) is 0 Å². The summed E-state index contributed by atoms with van der Waals surface area (Å²) >= 11 is 0. The molecule has 1 aromatic heterocycles. The normalized spacial score (nSPS) is 13.2. The Labute approximate surface area is 184 Å². The summed E-state index contributed by atoms with van der Waals surface area (Å²) in [4.78, 5) is 18.2. The van der Waals surface area contributed by atoms with Crippen LogP contribution in [0.25, 0.3) is 11.0 Å². The van der Waals surface area contributed by atoms with Crippen molar-refractivity contribution in [1.82, 2.24) is 9.55 Å². The Balaban J connectivity index is 2.18. The van der Waals surface area contributed by atoms with Gasteiger partial charge in [-0.15, -0.1) is 0 Å². The third kappa shape index (κ3) is 5.21. The van der Waals surface area contributed by atoms with Crippen LogP contribution in [0.4, 0.5) is 0 Å². The number of ether oxygens (including phenoxy) is 1. The van der Waals surface area contributed by atoms with Crippen LogP contribution in [0.15, 0.2) is 53.3 Å². The number of benzene rings is 2. The van der Waals surface area contributed by atoms with E-state index in [1.54, 1.807) is 0 Å². The lowest BCUT2D eigenvalue weighted by atomic mass is 9.85. The molecule has 5 nitrogen and oxygen atoms in total. The molecule has 3 rings (SSSR count). The molecule has 1 heterocycles. The molecule has 0 aliphatic carbocycles. The Bertz CT molecular complexity index is 1160. The first-order valence-corrected chi connectivity index (χ1v) is 10.6. The Morgan fingerprint density at radius 1 is 1.03 bits per heavy atom. The largest absolute Gasteiger partial charge is 0.375 e. The minimum absolute atomic E-state index is 0.0231. The summed E-state index contributed by atoms with van der Waals surface area (Å²) in [7, 11) is 0. The van der Waals surface area contributed by atoms with Crippen LogP contribution in [-0.4, -0.2) is 21.8 Å². The molecule has 0 saturated heterocycles. The summed E-state index contributed by atoms with van der Waals surface area (Å²) in [6, 6.07) is 17.9. The quantitative estimate of drug-likeness (QED) is 0.575. The monoisotopic (exact) mass is 417 g/mol. The number of hydrogen-bond donors (Lipinski definition) is 0. The number of aromatic nitrogens is 2. The maximum atomic E-state index is 13.4. The van der Waals surface area contributed by atoms with Crippen molar-refractivity contribution in [3.63, 3.8) is 0 Å². The third-order valence-corrected chi connectivity index (χ3v) is 5.30. The third-order valence-electron chi connectivity index (χ3n) is 5.30. The van der Waals surface area contributed by atoms with E-state index in [1.807, 2.05) is 45.0 Å². The number of rotatable bonds is 5. The number of hydrogen-bond acceptors (Lipinski definition) is 4. The van der Waals surface area contributed by atoms with Crippen molar-refractivity contribution in [2.45, 2.75) is 65.0 Å². The molecule has 0 spiro atoms. The Hall–Kier alpha value is -2.97. The van der Waals surface area contributed by atoms with Crippen LogP contribution in [0.3, 0.4) is 0 Å². The maximum absolute atomic E-state index is 13.4. The first kappa shape index (κ1) is 22.7. The fourth-order valence-corrected chi connectivity index (χ4v) is 3.55. The minimum atomic E-state index is -0.355. The summed E-state index contributed by atoms with van der Waals surface area (Å²) in [5.74, 6) is -0.338. The van der Waals surface area contributed by atoms with Crippen LogP contribution in [0.1, 0.15) is 64.3 Å². The predicted molar refractivity (Wildman–Crippen MR) is 124 cm³/mol. The van der Waals surface area contributed by atoms with E-state index in [-0.39, 0.29) is 29.0 Å². The van der Waals surface area contributed by atoms with Gasteiger partial charge in [0.2, 0.25) is 0 Å². The fourth-order valence-electron chi connectivity index (χ4n) is 3.55. The van der Waals surface area contributed by atoms with Crippen molar-refractivity contribution in [2.24, 2.45) is 0 Å². The molecule has 5 heteroatoms. The maximum Gasteiger partial charge on any atom is 0.274 e. The summed E-state index contributed by atoms with van der Waals surface area (Å²) in [6.45, 7) is 12.8. The Kier molecular flexibility index (Phi) is 6.33. The molecule has 0 saturated carbocycles. The van der Waals surface area contributed by atoms with E-state index in [2.05, 4.69) is 51.1 Å². The molecule has 0 amide bonds. The molecule has 3 aromatic rings. The molecule has 162 valence electrons. The van der Waals surface area contributed by atoms with Gasteiger partial charge in [-0.1, -0.05) is 57.2 Å². The molecule has 0 bridgehead atoms. The zero-order valence-corrected chi connectivity index (χ0v) is 19.3. The number of nitriles is 1. The van der Waals surface area contributed by atoms with Gasteiger partial charge in [-0.05, 0) is 49.4 Å². The molecule has 0 fully saturated rings. The second kappa shape index (κ2) is 8.64. The van der Waals surface area contributed by atoms with Gasteiger partial charge in [-0.2, -0.15) is 5.26 Å². The molecular weight excluding hydrogens is 386 g/mol. The number of nitrogens with zero attached hydrogens (tertiary/aromatic N) is 3. The van der Waals surface area contributed by atoms with E-state index in [1.165, 1.54) is 10.1 Å². The van der Waals surface area contributed by atoms with Crippen LogP contribution in [-0.2, 0) is 16.7 Å². The smallest absolute Gasteiger partial charge is 0.274 e. The zero-order valence-electron chi connectivity index (χ0n) is 19.3. The molecule has 0 radical (unpaired) electrons. The molecule has 1 unspecified atom stereocenters. The molecule has 0 aliphatic rings. The number of para-hydroxylation sites is 2. The topological polar surface area (TPSA) is 67.9 Å². The highest BCUT2D eigenvalue weighted by Gasteiger charge is 2.25. The summed E-state index contributed by atoms with van der Waals surface area (Å²) in [5.41, 5.74) is 3.39. The van der Waals surface area contributed by atoms with Gasteiger partial charge < -0.3 is 4.74 Å². The van der Waals surface area contributed by atoms with Crippen LogP contribution in [0.5, 0.6) is 0 Å². The standard InChI is InChI=1S/C26H31N3O2/c1-25(2,3)19-13-11-18(12-14-19)20(17-31-26(4,5)6)23-24(30)29(16-15-27)22-10-8-7-9-21(22)28-23/h7-14,20H,16-17H2,1-6H3. The second-order valence-corrected chi connectivity index (χ2v) is 9.88. The first-order chi connectivity index (χ1) is 14.5. The molecule has 31 heavy (non-hydrogen) atoms. The van der Waals surface area contributed by atoms with Crippen molar-refractivity contribution < 1.29 is 4.74 Å². The summed E-state index contributed by atoms with van der Waals surface area (Å²) < 4.78 is 7.62. The van der Waals surface area contributed by atoms with Gasteiger partial charge in [-0.25, -0.2) is 4.98 Å². The van der Waals surface area contributed by atoms with E-state index < -0.39 is 0 Å². The fraction of sp³-hybridized carbons (Fsp3) is 0.423. The lowest BCUT2D eigenvalue weighted by Crippen LogP contribution is -2.31. The van der Waals surface area contributed by atoms with E-state index in [4.69, 9.17) is 9.72 Å². The van der Waals surface area contributed by atoms with Crippen molar-refractivity contribution >= 4 is 11.0 Å². The predicted octanol–water partition coefficient (Wildman–Crippen LogP) is 5.16. The second-order valence-electron chi connectivity index (χ2n) is 9.88. The molecule has 1 atom stereocenters. The van der Waals surface area contributed by atoms with Gasteiger partial charge in [-0.3, -0.25) is 9.36 Å². The SMILES string of the molecule is CC(C)(C)OCC(c1ccc(C(C)(C)C)cc1)c1nc2ccccc2n(CC#N)c1=O. The van der Waals surface area contributed by atoms with Gasteiger partial charge >= 0.3 is 0 Å². The highest BCUT2D eigenvalue weighted by molar-refractivity contribution is 5.74. The molecule has 0 N–H and O–H groups in total. The van der Waals surface area contributed by atoms with Gasteiger partial charge in [0.15, 0.2) is 0 Å². The lowest BCUT2D eigenvalue weighted by molar-refractivity contribution is -0.00716. The van der Waals surface area contributed by atoms with E-state index >= 15 is 0 Å². The molecule has 0 aliphatic heterocycles. The highest BCUT2D eigenvalue weighted by atomic mass is 16.5. The number of fused-ring (bicyclic) bond motifs is 1. The zero-order chi connectivity index (χ0) is 22.8. The highest BCUT2D eigenvalue weighted by Crippen LogP contribution is 2.28. The van der Waals surface area contributed by atoms with E-state index in [9.17, 15) is 10.1 Å². The summed E-state index contributed by atoms with van der Waals surface area (Å²) in [6.07, 6.45) is 0. The first-order valence-electron chi connectivity index (χ1n) is 10.6. The summed E-state index contributed by atoms with van der Waals surface area (Å²) in [5, 5.41) is 9.31. The average Bonchev–Trinajstić information content (AvgIpc) is 2.70. The van der Waals surface area contributed by atoms with Gasteiger partial charge in [0.25, 0.3) is 5.56 Å². The van der Waals surface area contributed by atoms with Crippen molar-refractivity contribution in [2.75, 3.05) is 6.61 Å². The van der Waals surface area contributed by atoms with Crippen molar-refractivity contribution in [1.29, 1.82) is 5.26 Å². The average molecular weight is 418 g/mol. The van der Waals surface area contributed by atoms with Crippen LogP contribution in [0, 0.1) is 11.3 Å². The molecular formula is C26H31N3O2. The Morgan fingerprint density at radius 3 is 2.26 bits per heavy atom. The van der Waals surface area contributed by atoms with E-state index in [0.29, 0.717) is 23.3 Å². The lowest BCUT2D eigenvalue weighted by Gasteiger charge is -2.26. The van der Waals surface area contributed by atoms with Gasteiger partial charge in [0.1, 0.15) is 12.2 Å². The van der Waals surface area contributed by atoms with Gasteiger partial charge in [0.05, 0.1) is 35.2 Å². The minimum Gasteiger partial charge on any atom is -0.375 e. The van der Waals surface area contributed by atoms with Crippen LogP contribution >= 0.6 is 0 Å². The Morgan fingerprint density at radius 2 is 1.68 bits per heavy atom.